The second-order valence-electron chi connectivity index (χ2n) is 1.92. The summed E-state index contributed by atoms with van der Waals surface area (Å²) < 4.78 is 9.89. The van der Waals surface area contributed by atoms with Gasteiger partial charge in [0.25, 0.3) is 0 Å². The summed E-state index contributed by atoms with van der Waals surface area (Å²) in [5.74, 6) is -0.443. The molecule has 0 saturated carbocycles. The smallest absolute Gasteiger partial charge is 0.872 e. The Labute approximate surface area is 100 Å². The molecule has 68 valence electrons. The van der Waals surface area contributed by atoms with Gasteiger partial charge in [-0.2, -0.15) is 5.26 Å². The van der Waals surface area contributed by atoms with Gasteiger partial charge in [0.15, 0.2) is 6.29 Å². The molecule has 0 aromatic carbocycles. The minimum atomic E-state index is -0.917. The van der Waals surface area contributed by atoms with Crippen LogP contribution in [0.25, 0.3) is 0 Å². The van der Waals surface area contributed by atoms with Crippen molar-refractivity contribution in [3.8, 4) is 6.07 Å². The summed E-state index contributed by atoms with van der Waals surface area (Å²) in [6.07, 6.45) is -0.0321. The van der Waals surface area contributed by atoms with Crippen LogP contribution in [0.5, 0.6) is 0 Å². The van der Waals surface area contributed by atoms with Crippen molar-refractivity contribution in [1.82, 2.24) is 0 Å². The van der Waals surface area contributed by atoms with Crippen LogP contribution in [0.4, 0.5) is 0 Å². The SMILES string of the molecule is CCOC(OCC)/C([O-])=C/C#N.[Na+]. The van der Waals surface area contributed by atoms with Crippen LogP contribution in [-0.4, -0.2) is 19.5 Å². The quantitative estimate of drug-likeness (QED) is 0.204. The molecule has 0 heterocycles. The molecule has 0 N–H and O–H groups in total. The van der Waals surface area contributed by atoms with Crippen molar-refractivity contribution in [3.05, 3.63) is 11.8 Å². The standard InChI is InChI=1S/C8H13NO3.Na/c1-3-11-8(12-4-2)7(10)5-6-9;/h5,8,10H,3-4H2,1-2H3;/q;+1/p-1/b7-5-;. The van der Waals surface area contributed by atoms with Crippen LogP contribution >= 0.6 is 0 Å². The molecule has 0 atom stereocenters. The Morgan fingerprint density at radius 3 is 2.23 bits per heavy atom. The summed E-state index contributed by atoms with van der Waals surface area (Å²) in [5.41, 5.74) is 0. The van der Waals surface area contributed by atoms with Crippen molar-refractivity contribution >= 4 is 0 Å². The first-order valence-corrected chi connectivity index (χ1v) is 3.76. The van der Waals surface area contributed by atoms with Gasteiger partial charge >= 0.3 is 29.6 Å². The van der Waals surface area contributed by atoms with Crippen molar-refractivity contribution in [3.63, 3.8) is 0 Å². The minimum absolute atomic E-state index is 0. The molecule has 0 aromatic rings. The monoisotopic (exact) mass is 193 g/mol. The van der Waals surface area contributed by atoms with E-state index in [0.29, 0.717) is 13.2 Å². The van der Waals surface area contributed by atoms with E-state index in [1.165, 1.54) is 0 Å². The molecule has 0 aliphatic carbocycles. The van der Waals surface area contributed by atoms with Crippen LogP contribution in [0.1, 0.15) is 13.8 Å². The molecule has 0 unspecified atom stereocenters. The summed E-state index contributed by atoms with van der Waals surface area (Å²) in [6.45, 7) is 4.28. The topological polar surface area (TPSA) is 65.3 Å². The third-order valence-electron chi connectivity index (χ3n) is 1.08. The maximum atomic E-state index is 11.0. The van der Waals surface area contributed by atoms with Gasteiger partial charge in [-0.15, -0.1) is 0 Å². The average Bonchev–Trinajstić information content (AvgIpc) is 2.04. The van der Waals surface area contributed by atoms with Gasteiger partial charge in [0.1, 0.15) is 0 Å². The predicted molar refractivity (Wildman–Crippen MR) is 40.7 cm³/mol. The van der Waals surface area contributed by atoms with Crippen LogP contribution in [0.15, 0.2) is 11.8 Å². The Hall–Kier alpha value is -0.0500. The van der Waals surface area contributed by atoms with Crippen LogP contribution in [0.3, 0.4) is 0 Å². The van der Waals surface area contributed by atoms with E-state index in [0.717, 1.165) is 6.08 Å². The fourth-order valence-corrected chi connectivity index (χ4v) is 0.647. The molecule has 0 saturated heterocycles. The molecule has 0 aliphatic rings. The van der Waals surface area contributed by atoms with Gasteiger partial charge in [0.2, 0.25) is 0 Å². The Morgan fingerprint density at radius 2 is 1.92 bits per heavy atom. The summed E-state index contributed by atoms with van der Waals surface area (Å²) in [4.78, 5) is 0. The van der Waals surface area contributed by atoms with E-state index in [9.17, 15) is 5.11 Å². The third kappa shape index (κ3) is 7.05. The largest absolute Gasteiger partial charge is 1.00 e. The molecule has 0 bridgehead atoms. The second-order valence-corrected chi connectivity index (χ2v) is 1.92. The molecule has 0 aliphatic heterocycles. The molecular weight excluding hydrogens is 181 g/mol. The summed E-state index contributed by atoms with van der Waals surface area (Å²) in [6, 6.07) is 1.63. The summed E-state index contributed by atoms with van der Waals surface area (Å²) in [5, 5.41) is 19.2. The Kier molecular flexibility index (Phi) is 11.9. The van der Waals surface area contributed by atoms with Crippen LogP contribution in [-0.2, 0) is 9.47 Å². The number of allylic oxidation sites excluding steroid dienone is 1. The van der Waals surface area contributed by atoms with E-state index in [1.807, 2.05) is 0 Å². The number of ether oxygens (including phenoxy) is 2. The Morgan fingerprint density at radius 1 is 1.46 bits per heavy atom. The van der Waals surface area contributed by atoms with Gasteiger partial charge < -0.3 is 14.6 Å². The molecule has 0 radical (unpaired) electrons. The molecule has 0 aromatic heterocycles. The van der Waals surface area contributed by atoms with Crippen molar-refractivity contribution in [2.75, 3.05) is 13.2 Å². The van der Waals surface area contributed by atoms with Crippen molar-refractivity contribution in [1.29, 1.82) is 5.26 Å². The number of nitriles is 1. The molecule has 0 rings (SSSR count). The van der Waals surface area contributed by atoms with Crippen molar-refractivity contribution < 1.29 is 44.1 Å². The van der Waals surface area contributed by atoms with Crippen LogP contribution in [0, 0.1) is 11.3 Å². The molecule has 13 heavy (non-hydrogen) atoms. The normalized spacial score (nSPS) is 10.8. The van der Waals surface area contributed by atoms with E-state index >= 15 is 0 Å². The number of rotatable bonds is 5. The predicted octanol–water partition coefficient (Wildman–Crippen LogP) is -2.84. The zero-order chi connectivity index (χ0) is 9.40. The number of hydrogen-bond donors (Lipinski definition) is 0. The summed E-state index contributed by atoms with van der Waals surface area (Å²) >= 11 is 0. The fraction of sp³-hybridized carbons (Fsp3) is 0.625. The van der Waals surface area contributed by atoms with Crippen LogP contribution < -0.4 is 34.7 Å². The van der Waals surface area contributed by atoms with E-state index in [2.05, 4.69) is 0 Å². The van der Waals surface area contributed by atoms with Crippen LogP contribution in [0.2, 0.25) is 0 Å². The second kappa shape index (κ2) is 10.0. The first-order chi connectivity index (χ1) is 5.76. The van der Waals surface area contributed by atoms with Crippen molar-refractivity contribution in [2.24, 2.45) is 0 Å². The molecule has 5 heteroatoms. The minimum Gasteiger partial charge on any atom is -0.872 e. The Balaban J connectivity index is 0. The average molecular weight is 193 g/mol. The van der Waals surface area contributed by atoms with Gasteiger partial charge in [-0.1, -0.05) is 5.76 Å². The third-order valence-corrected chi connectivity index (χ3v) is 1.08. The molecule has 0 spiro atoms. The molecular formula is C8H12NNaO3. The zero-order valence-corrected chi connectivity index (χ0v) is 10.2. The van der Waals surface area contributed by atoms with E-state index < -0.39 is 12.0 Å². The van der Waals surface area contributed by atoms with Gasteiger partial charge in [0.05, 0.1) is 6.07 Å². The van der Waals surface area contributed by atoms with Gasteiger partial charge in [-0.3, -0.25) is 0 Å². The fourth-order valence-electron chi connectivity index (χ4n) is 0.647. The van der Waals surface area contributed by atoms with E-state index in [-0.39, 0.29) is 29.6 Å². The van der Waals surface area contributed by atoms with Gasteiger partial charge in [0, 0.05) is 19.3 Å². The Bertz CT molecular complexity index is 182. The van der Waals surface area contributed by atoms with E-state index in [1.54, 1.807) is 19.9 Å². The van der Waals surface area contributed by atoms with E-state index in [4.69, 9.17) is 14.7 Å². The summed E-state index contributed by atoms with van der Waals surface area (Å²) in [7, 11) is 0. The zero-order valence-electron chi connectivity index (χ0n) is 8.24. The first-order valence-electron chi connectivity index (χ1n) is 3.76. The number of nitrogens with zero attached hydrogens (tertiary/aromatic N) is 1. The molecule has 0 fully saturated rings. The maximum Gasteiger partial charge on any atom is 1.00 e. The van der Waals surface area contributed by atoms with Crippen molar-refractivity contribution in [2.45, 2.75) is 20.1 Å². The van der Waals surface area contributed by atoms with Gasteiger partial charge in [-0.05, 0) is 13.8 Å². The number of hydrogen-bond acceptors (Lipinski definition) is 4. The molecule has 0 amide bonds. The maximum absolute atomic E-state index is 11.0. The molecule has 4 nitrogen and oxygen atoms in total. The van der Waals surface area contributed by atoms with Gasteiger partial charge in [-0.25, -0.2) is 0 Å². The first kappa shape index (κ1) is 15.4.